The molecule has 4 rings (SSSR count). The van der Waals surface area contributed by atoms with Crippen LogP contribution in [0.4, 0.5) is 11.4 Å². The lowest BCUT2D eigenvalue weighted by molar-refractivity contribution is 0.174. The largest absolute Gasteiger partial charge is 0.454 e. The van der Waals surface area contributed by atoms with Gasteiger partial charge >= 0.3 is 0 Å². The van der Waals surface area contributed by atoms with Gasteiger partial charge in [0, 0.05) is 12.2 Å². The molecule has 2 N–H and O–H groups in total. The molecule has 0 spiro atoms. The highest BCUT2D eigenvalue weighted by Crippen LogP contribution is 2.35. The normalized spacial score (nSPS) is 12.6. The summed E-state index contributed by atoms with van der Waals surface area (Å²) in [6.07, 6.45) is 1.78. The molecule has 0 saturated heterocycles. The van der Waals surface area contributed by atoms with Gasteiger partial charge in [-0.25, -0.2) is 8.42 Å². The number of ether oxygens (including phenoxy) is 2. The highest BCUT2D eigenvalue weighted by molar-refractivity contribution is 7.92. The summed E-state index contributed by atoms with van der Waals surface area (Å²) in [5.74, 6) is 1.47. The molecule has 0 atom stereocenters. The fourth-order valence-electron chi connectivity index (χ4n) is 3.51. The Balaban J connectivity index is 1.67. The van der Waals surface area contributed by atoms with Gasteiger partial charge in [0.05, 0.1) is 11.9 Å². The SMILES string of the molecule is Cc1c(NS(C)(=O)=O)ccc(NCc2ccccc2)c1Cc1ccc2c(c1)OCO2. The van der Waals surface area contributed by atoms with Gasteiger partial charge in [0.25, 0.3) is 0 Å². The summed E-state index contributed by atoms with van der Waals surface area (Å²) in [7, 11) is -3.37. The zero-order valence-electron chi connectivity index (χ0n) is 16.9. The number of anilines is 2. The Morgan fingerprint density at radius 2 is 1.63 bits per heavy atom. The first-order valence-electron chi connectivity index (χ1n) is 9.65. The summed E-state index contributed by atoms with van der Waals surface area (Å²) < 4.78 is 37.1. The van der Waals surface area contributed by atoms with Crippen molar-refractivity contribution in [1.29, 1.82) is 0 Å². The first-order chi connectivity index (χ1) is 14.4. The van der Waals surface area contributed by atoms with Crippen LogP contribution in [0.5, 0.6) is 11.5 Å². The fourth-order valence-corrected chi connectivity index (χ4v) is 4.13. The zero-order valence-corrected chi connectivity index (χ0v) is 17.8. The molecular weight excluding hydrogens is 400 g/mol. The Hall–Kier alpha value is -3.19. The van der Waals surface area contributed by atoms with Crippen LogP contribution in [0.1, 0.15) is 22.3 Å². The van der Waals surface area contributed by atoms with E-state index in [1.165, 1.54) is 5.56 Å². The highest BCUT2D eigenvalue weighted by Gasteiger charge is 2.17. The maximum Gasteiger partial charge on any atom is 0.231 e. The molecule has 156 valence electrons. The summed E-state index contributed by atoms with van der Waals surface area (Å²) in [5, 5.41) is 3.50. The van der Waals surface area contributed by atoms with Crippen molar-refractivity contribution in [3.05, 3.63) is 82.9 Å². The highest BCUT2D eigenvalue weighted by atomic mass is 32.2. The molecule has 3 aromatic rings. The summed E-state index contributed by atoms with van der Waals surface area (Å²) in [5.41, 5.74) is 5.69. The van der Waals surface area contributed by atoms with Crippen molar-refractivity contribution in [2.45, 2.75) is 19.9 Å². The molecule has 7 heteroatoms. The smallest absolute Gasteiger partial charge is 0.231 e. The number of rotatable bonds is 7. The summed E-state index contributed by atoms with van der Waals surface area (Å²) in [4.78, 5) is 0. The third-order valence-corrected chi connectivity index (χ3v) is 5.63. The van der Waals surface area contributed by atoms with Crippen LogP contribution in [0.25, 0.3) is 0 Å². The summed E-state index contributed by atoms with van der Waals surface area (Å²) >= 11 is 0. The molecule has 30 heavy (non-hydrogen) atoms. The lowest BCUT2D eigenvalue weighted by atomic mass is 9.97. The van der Waals surface area contributed by atoms with Crippen LogP contribution < -0.4 is 19.5 Å². The second kappa shape index (κ2) is 8.28. The van der Waals surface area contributed by atoms with E-state index in [0.29, 0.717) is 18.7 Å². The molecule has 0 radical (unpaired) electrons. The van der Waals surface area contributed by atoms with Crippen molar-refractivity contribution >= 4 is 21.4 Å². The van der Waals surface area contributed by atoms with Gasteiger partial charge in [-0.1, -0.05) is 36.4 Å². The van der Waals surface area contributed by atoms with E-state index >= 15 is 0 Å². The van der Waals surface area contributed by atoms with E-state index in [1.807, 2.05) is 49.4 Å². The molecule has 0 unspecified atom stereocenters. The van der Waals surface area contributed by atoms with Crippen molar-refractivity contribution in [1.82, 2.24) is 0 Å². The Labute approximate surface area is 176 Å². The lowest BCUT2D eigenvalue weighted by Crippen LogP contribution is -2.12. The number of hydrogen-bond donors (Lipinski definition) is 2. The molecule has 6 nitrogen and oxygen atoms in total. The van der Waals surface area contributed by atoms with Crippen molar-refractivity contribution in [2.24, 2.45) is 0 Å². The predicted octanol–water partition coefficient (Wildman–Crippen LogP) is 4.30. The monoisotopic (exact) mass is 424 g/mol. The molecule has 0 fully saturated rings. The van der Waals surface area contributed by atoms with Crippen LogP contribution in [0.2, 0.25) is 0 Å². The Morgan fingerprint density at radius 3 is 2.40 bits per heavy atom. The van der Waals surface area contributed by atoms with E-state index in [-0.39, 0.29) is 6.79 Å². The Morgan fingerprint density at radius 1 is 0.900 bits per heavy atom. The average Bonchev–Trinajstić information content (AvgIpc) is 3.18. The Bertz CT molecular complexity index is 1160. The van der Waals surface area contributed by atoms with Gasteiger partial charge in [0.1, 0.15) is 0 Å². The fraction of sp³-hybridized carbons (Fsp3) is 0.217. The van der Waals surface area contributed by atoms with E-state index in [0.717, 1.165) is 40.1 Å². The van der Waals surface area contributed by atoms with Crippen LogP contribution in [0.3, 0.4) is 0 Å². The van der Waals surface area contributed by atoms with E-state index in [9.17, 15) is 8.42 Å². The second-order valence-corrected chi connectivity index (χ2v) is 9.09. The van der Waals surface area contributed by atoms with Crippen molar-refractivity contribution in [3.63, 3.8) is 0 Å². The molecule has 0 bridgehead atoms. The maximum atomic E-state index is 11.8. The van der Waals surface area contributed by atoms with E-state index in [1.54, 1.807) is 6.07 Å². The molecule has 1 aliphatic rings. The van der Waals surface area contributed by atoms with Gasteiger partial charge in [0.2, 0.25) is 16.8 Å². The van der Waals surface area contributed by atoms with Crippen LogP contribution >= 0.6 is 0 Å². The van der Waals surface area contributed by atoms with Crippen molar-refractivity contribution in [3.8, 4) is 11.5 Å². The molecule has 0 aliphatic carbocycles. The van der Waals surface area contributed by atoms with E-state index < -0.39 is 10.0 Å². The maximum absolute atomic E-state index is 11.8. The number of fused-ring (bicyclic) bond motifs is 1. The number of hydrogen-bond acceptors (Lipinski definition) is 5. The third-order valence-electron chi connectivity index (χ3n) is 5.04. The summed E-state index contributed by atoms with van der Waals surface area (Å²) in [6.45, 7) is 2.84. The number of nitrogens with one attached hydrogen (secondary N) is 2. The van der Waals surface area contributed by atoms with Crippen LogP contribution in [-0.2, 0) is 23.0 Å². The van der Waals surface area contributed by atoms with E-state index in [4.69, 9.17) is 9.47 Å². The topological polar surface area (TPSA) is 76.7 Å². The second-order valence-electron chi connectivity index (χ2n) is 7.34. The molecule has 1 heterocycles. The minimum Gasteiger partial charge on any atom is -0.454 e. The first-order valence-corrected chi connectivity index (χ1v) is 11.5. The molecule has 3 aromatic carbocycles. The minimum atomic E-state index is -3.37. The summed E-state index contributed by atoms with van der Waals surface area (Å²) in [6, 6.07) is 19.7. The molecule has 1 aliphatic heterocycles. The van der Waals surface area contributed by atoms with Crippen molar-refractivity contribution < 1.29 is 17.9 Å². The third kappa shape index (κ3) is 4.68. The zero-order chi connectivity index (χ0) is 21.1. The van der Waals surface area contributed by atoms with E-state index in [2.05, 4.69) is 22.2 Å². The van der Waals surface area contributed by atoms with Crippen LogP contribution in [-0.4, -0.2) is 21.5 Å². The van der Waals surface area contributed by atoms with Gasteiger partial charge in [-0.2, -0.15) is 0 Å². The standard InChI is InChI=1S/C23H24N2O4S/c1-16-19(12-18-8-11-22-23(13-18)29-15-28-22)21(10-9-20(16)25-30(2,26)27)24-14-17-6-4-3-5-7-17/h3-11,13,24-25H,12,14-15H2,1-2H3. The predicted molar refractivity (Wildman–Crippen MR) is 119 cm³/mol. The quantitative estimate of drug-likeness (QED) is 0.591. The van der Waals surface area contributed by atoms with Gasteiger partial charge in [-0.05, 0) is 59.9 Å². The van der Waals surface area contributed by atoms with Gasteiger partial charge in [0.15, 0.2) is 11.5 Å². The number of sulfonamides is 1. The minimum absolute atomic E-state index is 0.232. The molecule has 0 aromatic heterocycles. The van der Waals surface area contributed by atoms with Crippen LogP contribution in [0, 0.1) is 6.92 Å². The van der Waals surface area contributed by atoms with Crippen LogP contribution in [0.15, 0.2) is 60.7 Å². The number of benzene rings is 3. The van der Waals surface area contributed by atoms with Crippen molar-refractivity contribution in [2.75, 3.05) is 23.1 Å². The molecule has 0 saturated carbocycles. The average molecular weight is 425 g/mol. The van der Waals surface area contributed by atoms with Gasteiger partial charge < -0.3 is 14.8 Å². The van der Waals surface area contributed by atoms with Gasteiger partial charge in [-0.3, -0.25) is 4.72 Å². The first kappa shape index (κ1) is 20.1. The molecule has 0 amide bonds. The molecular formula is C23H24N2O4S. The van der Waals surface area contributed by atoms with Gasteiger partial charge in [-0.15, -0.1) is 0 Å². The lowest BCUT2D eigenvalue weighted by Gasteiger charge is -2.19. The Kier molecular flexibility index (Phi) is 5.55.